The summed E-state index contributed by atoms with van der Waals surface area (Å²) in [6.07, 6.45) is -0.134. The van der Waals surface area contributed by atoms with E-state index in [1.54, 1.807) is 13.8 Å². The monoisotopic (exact) mass is 282 g/mol. The summed E-state index contributed by atoms with van der Waals surface area (Å²) in [5, 5.41) is 15.4. The van der Waals surface area contributed by atoms with Crippen LogP contribution in [0.2, 0.25) is 0 Å². The average Bonchev–Trinajstić information content (AvgIpc) is 2.62. The van der Waals surface area contributed by atoms with Crippen molar-refractivity contribution in [3.05, 3.63) is 17.5 Å². The van der Waals surface area contributed by atoms with Crippen LogP contribution in [0.1, 0.15) is 24.2 Å². The second-order valence-corrected chi connectivity index (χ2v) is 4.55. The molecule has 4 N–H and O–H groups in total. The molecule has 0 aliphatic heterocycles. The smallest absolute Gasteiger partial charge is 0.326 e. The maximum Gasteiger partial charge on any atom is 0.326 e. The van der Waals surface area contributed by atoms with Gasteiger partial charge in [-0.25, -0.2) is 4.79 Å². The van der Waals surface area contributed by atoms with Crippen LogP contribution in [-0.2, 0) is 20.9 Å². The molecule has 1 aromatic rings. The number of carboxylic acids is 1. The van der Waals surface area contributed by atoms with E-state index in [1.807, 2.05) is 6.07 Å². The maximum absolute atomic E-state index is 11.8. The van der Waals surface area contributed by atoms with E-state index in [0.29, 0.717) is 0 Å². The molecule has 0 aromatic carbocycles. The lowest BCUT2D eigenvalue weighted by Crippen LogP contribution is -2.43. The van der Waals surface area contributed by atoms with Gasteiger partial charge in [-0.3, -0.25) is 14.3 Å². The molecule has 8 nitrogen and oxygen atoms in total. The van der Waals surface area contributed by atoms with Crippen molar-refractivity contribution in [3.63, 3.8) is 0 Å². The van der Waals surface area contributed by atoms with Crippen LogP contribution in [0.5, 0.6) is 0 Å². The van der Waals surface area contributed by atoms with E-state index >= 15 is 0 Å². The number of hydrogen-bond donors (Lipinski definition) is 3. The predicted molar refractivity (Wildman–Crippen MR) is 69.7 cm³/mol. The number of rotatable bonds is 7. The van der Waals surface area contributed by atoms with Crippen molar-refractivity contribution >= 4 is 17.8 Å². The number of aromatic nitrogens is 2. The molecule has 0 aliphatic rings. The second kappa shape index (κ2) is 6.69. The Labute approximate surface area is 115 Å². The Morgan fingerprint density at radius 1 is 1.45 bits per heavy atom. The lowest BCUT2D eigenvalue weighted by Gasteiger charge is -2.14. The SMILES string of the molecule is Cc1cc(C)n(CC(=O)N[C@@H](CCC(N)=O)C(=O)O)n1. The summed E-state index contributed by atoms with van der Waals surface area (Å²) in [7, 11) is 0. The molecule has 0 fully saturated rings. The third kappa shape index (κ3) is 4.71. The molecule has 2 amide bonds. The summed E-state index contributed by atoms with van der Waals surface area (Å²) < 4.78 is 1.48. The Bertz CT molecular complexity index is 524. The van der Waals surface area contributed by atoms with Crippen molar-refractivity contribution in [1.82, 2.24) is 15.1 Å². The summed E-state index contributed by atoms with van der Waals surface area (Å²) >= 11 is 0. The molecule has 0 saturated carbocycles. The fourth-order valence-electron chi connectivity index (χ4n) is 1.75. The van der Waals surface area contributed by atoms with Crippen molar-refractivity contribution in [2.24, 2.45) is 5.73 Å². The highest BCUT2D eigenvalue weighted by molar-refractivity contribution is 5.84. The first kappa shape index (κ1) is 15.7. The number of hydrogen-bond acceptors (Lipinski definition) is 4. The first-order valence-electron chi connectivity index (χ1n) is 6.11. The van der Waals surface area contributed by atoms with Gasteiger partial charge in [-0.2, -0.15) is 5.10 Å². The van der Waals surface area contributed by atoms with Gasteiger partial charge in [-0.1, -0.05) is 0 Å². The van der Waals surface area contributed by atoms with E-state index in [1.165, 1.54) is 4.68 Å². The van der Waals surface area contributed by atoms with Gasteiger partial charge in [0.25, 0.3) is 0 Å². The molecule has 1 rings (SSSR count). The van der Waals surface area contributed by atoms with Crippen LogP contribution in [0.15, 0.2) is 6.07 Å². The minimum atomic E-state index is -1.20. The molecule has 0 saturated heterocycles. The van der Waals surface area contributed by atoms with E-state index in [2.05, 4.69) is 10.4 Å². The quantitative estimate of drug-likeness (QED) is 0.611. The fraction of sp³-hybridized carbons (Fsp3) is 0.500. The lowest BCUT2D eigenvalue weighted by molar-refractivity contribution is -0.142. The van der Waals surface area contributed by atoms with Gasteiger partial charge in [0.2, 0.25) is 11.8 Å². The van der Waals surface area contributed by atoms with Crippen LogP contribution in [-0.4, -0.2) is 38.7 Å². The number of carboxylic acid groups (broad SMARTS) is 1. The number of primary amides is 1. The molecule has 0 radical (unpaired) electrons. The summed E-state index contributed by atoms with van der Waals surface area (Å²) in [4.78, 5) is 33.4. The van der Waals surface area contributed by atoms with Crippen LogP contribution in [0.25, 0.3) is 0 Å². The van der Waals surface area contributed by atoms with Gasteiger partial charge in [-0.05, 0) is 26.3 Å². The topological polar surface area (TPSA) is 127 Å². The van der Waals surface area contributed by atoms with Gasteiger partial charge in [0, 0.05) is 12.1 Å². The van der Waals surface area contributed by atoms with Crippen LogP contribution in [0.4, 0.5) is 0 Å². The highest BCUT2D eigenvalue weighted by Gasteiger charge is 2.20. The molecule has 0 bridgehead atoms. The number of aliphatic carboxylic acids is 1. The summed E-state index contributed by atoms with van der Waals surface area (Å²) in [6.45, 7) is 3.53. The Morgan fingerprint density at radius 2 is 2.10 bits per heavy atom. The third-order valence-corrected chi connectivity index (χ3v) is 2.71. The summed E-state index contributed by atoms with van der Waals surface area (Å²) in [6, 6.07) is 0.682. The molecule has 0 spiro atoms. The van der Waals surface area contributed by atoms with Gasteiger partial charge in [0.05, 0.1) is 5.69 Å². The normalized spacial score (nSPS) is 11.9. The first-order chi connectivity index (χ1) is 9.29. The number of nitrogens with zero attached hydrogens (tertiary/aromatic N) is 2. The van der Waals surface area contributed by atoms with Crippen LogP contribution >= 0.6 is 0 Å². The summed E-state index contributed by atoms with van der Waals surface area (Å²) in [5.41, 5.74) is 6.54. The highest BCUT2D eigenvalue weighted by Crippen LogP contribution is 2.02. The molecule has 0 aliphatic carbocycles. The Hall–Kier alpha value is -2.38. The Morgan fingerprint density at radius 3 is 2.55 bits per heavy atom. The number of nitrogens with one attached hydrogen (secondary N) is 1. The van der Waals surface area contributed by atoms with E-state index in [-0.39, 0.29) is 19.4 Å². The van der Waals surface area contributed by atoms with E-state index in [4.69, 9.17) is 10.8 Å². The van der Waals surface area contributed by atoms with Gasteiger partial charge in [0.1, 0.15) is 12.6 Å². The van der Waals surface area contributed by atoms with Gasteiger partial charge in [0.15, 0.2) is 0 Å². The molecule has 20 heavy (non-hydrogen) atoms. The van der Waals surface area contributed by atoms with Crippen molar-refractivity contribution in [2.45, 2.75) is 39.3 Å². The molecule has 1 heterocycles. The zero-order valence-corrected chi connectivity index (χ0v) is 11.4. The highest BCUT2D eigenvalue weighted by atomic mass is 16.4. The van der Waals surface area contributed by atoms with Gasteiger partial charge >= 0.3 is 5.97 Å². The van der Waals surface area contributed by atoms with Gasteiger partial charge < -0.3 is 16.2 Å². The van der Waals surface area contributed by atoms with Crippen LogP contribution < -0.4 is 11.1 Å². The standard InChI is InChI=1S/C12H18N4O4/c1-7-5-8(2)16(15-7)6-11(18)14-9(12(19)20)3-4-10(13)17/h5,9H,3-4,6H2,1-2H3,(H2,13,17)(H,14,18)(H,19,20)/t9-/m0/s1. The number of amides is 2. The predicted octanol–water partition coefficient (Wildman–Crippen LogP) is -0.665. The second-order valence-electron chi connectivity index (χ2n) is 4.55. The lowest BCUT2D eigenvalue weighted by atomic mass is 10.1. The average molecular weight is 282 g/mol. The van der Waals surface area contributed by atoms with Crippen LogP contribution in [0, 0.1) is 13.8 Å². The molecular weight excluding hydrogens is 264 g/mol. The number of aryl methyl sites for hydroxylation is 2. The zero-order chi connectivity index (χ0) is 15.3. The first-order valence-corrected chi connectivity index (χ1v) is 6.11. The number of nitrogens with two attached hydrogens (primary N) is 1. The molecule has 1 aromatic heterocycles. The van der Waals surface area contributed by atoms with Crippen molar-refractivity contribution in [3.8, 4) is 0 Å². The Kier molecular flexibility index (Phi) is 5.24. The number of carbonyl (C=O) groups excluding carboxylic acids is 2. The molecular formula is C12H18N4O4. The largest absolute Gasteiger partial charge is 0.480 e. The zero-order valence-electron chi connectivity index (χ0n) is 11.4. The minimum Gasteiger partial charge on any atom is -0.480 e. The minimum absolute atomic E-state index is 0.0342. The number of carbonyl (C=O) groups is 3. The van der Waals surface area contributed by atoms with Crippen LogP contribution in [0.3, 0.4) is 0 Å². The van der Waals surface area contributed by atoms with E-state index in [0.717, 1.165) is 11.4 Å². The van der Waals surface area contributed by atoms with Crippen molar-refractivity contribution in [2.75, 3.05) is 0 Å². The molecule has 0 unspecified atom stereocenters. The fourth-order valence-corrected chi connectivity index (χ4v) is 1.75. The van der Waals surface area contributed by atoms with Crippen molar-refractivity contribution in [1.29, 1.82) is 0 Å². The Balaban J connectivity index is 2.60. The van der Waals surface area contributed by atoms with E-state index < -0.39 is 23.8 Å². The maximum atomic E-state index is 11.8. The van der Waals surface area contributed by atoms with Gasteiger partial charge in [-0.15, -0.1) is 0 Å². The molecule has 1 atom stereocenters. The van der Waals surface area contributed by atoms with E-state index in [9.17, 15) is 14.4 Å². The third-order valence-electron chi connectivity index (χ3n) is 2.71. The summed E-state index contributed by atoms with van der Waals surface area (Å²) in [5.74, 6) is -2.29. The van der Waals surface area contributed by atoms with Crippen molar-refractivity contribution < 1.29 is 19.5 Å². The molecule has 110 valence electrons. The molecule has 8 heteroatoms.